The molecule has 1 aromatic carbocycles. The number of benzene rings is 1. The smallest absolute Gasteiger partial charge is 0.280 e. The Morgan fingerprint density at radius 1 is 1.16 bits per heavy atom. The number of hydrogen-bond donors (Lipinski definition) is 3. The Kier molecular flexibility index (Phi) is 7.48. The van der Waals surface area contributed by atoms with Gasteiger partial charge >= 0.3 is 0 Å². The van der Waals surface area contributed by atoms with E-state index >= 15 is 0 Å². The van der Waals surface area contributed by atoms with E-state index in [0.717, 1.165) is 6.26 Å². The SMILES string of the molecule is CS(=O)(=O)c1cc(N)cc(C(=O)N=C(N)N)c1.Cl.Cl. The van der Waals surface area contributed by atoms with Gasteiger partial charge in [0.1, 0.15) is 0 Å². The van der Waals surface area contributed by atoms with Gasteiger partial charge in [-0.05, 0) is 18.2 Å². The zero-order valence-electron chi connectivity index (χ0n) is 9.86. The highest BCUT2D eigenvalue weighted by Gasteiger charge is 2.13. The number of anilines is 1. The molecule has 0 aliphatic heterocycles. The van der Waals surface area contributed by atoms with E-state index in [9.17, 15) is 13.2 Å². The van der Waals surface area contributed by atoms with Crippen molar-refractivity contribution in [1.82, 2.24) is 0 Å². The third-order valence-corrected chi connectivity index (χ3v) is 2.93. The zero-order chi connectivity index (χ0) is 13.2. The number of aliphatic imine (C=N–C) groups is 1. The molecule has 0 heterocycles. The van der Waals surface area contributed by atoms with Gasteiger partial charge in [-0.2, -0.15) is 4.99 Å². The summed E-state index contributed by atoms with van der Waals surface area (Å²) in [6.07, 6.45) is 1.01. The molecular weight excluding hydrogens is 315 g/mol. The maximum absolute atomic E-state index is 11.5. The molecule has 0 fully saturated rings. The van der Waals surface area contributed by atoms with Crippen LogP contribution in [0, 0.1) is 0 Å². The van der Waals surface area contributed by atoms with Crippen LogP contribution in [0.25, 0.3) is 0 Å². The van der Waals surface area contributed by atoms with Crippen LogP contribution in [0.15, 0.2) is 28.1 Å². The van der Waals surface area contributed by atoms with E-state index in [0.29, 0.717) is 0 Å². The van der Waals surface area contributed by atoms with E-state index in [-0.39, 0.29) is 41.0 Å². The topological polar surface area (TPSA) is 142 Å². The van der Waals surface area contributed by atoms with Gasteiger partial charge in [-0.3, -0.25) is 4.79 Å². The first-order valence-corrected chi connectivity index (χ1v) is 6.34. The first-order chi connectivity index (χ1) is 7.70. The predicted octanol–water partition coefficient (Wildman–Crippen LogP) is -0.0705. The Balaban J connectivity index is 0. The van der Waals surface area contributed by atoms with Crippen LogP contribution >= 0.6 is 24.8 Å². The maximum atomic E-state index is 11.5. The van der Waals surface area contributed by atoms with Gasteiger partial charge in [-0.1, -0.05) is 0 Å². The summed E-state index contributed by atoms with van der Waals surface area (Å²) in [6, 6.07) is 3.71. The minimum atomic E-state index is -3.45. The molecule has 0 atom stereocenters. The molecule has 10 heteroatoms. The molecular formula is C9H14Cl2N4O3S. The summed E-state index contributed by atoms with van der Waals surface area (Å²) >= 11 is 0. The summed E-state index contributed by atoms with van der Waals surface area (Å²) < 4.78 is 22.7. The van der Waals surface area contributed by atoms with Crippen LogP contribution in [0.4, 0.5) is 5.69 Å². The van der Waals surface area contributed by atoms with Crippen LogP contribution < -0.4 is 17.2 Å². The number of amides is 1. The van der Waals surface area contributed by atoms with Crippen LogP contribution in [-0.2, 0) is 9.84 Å². The number of carbonyl (C=O) groups is 1. The third-order valence-electron chi connectivity index (χ3n) is 1.83. The summed E-state index contributed by atoms with van der Waals surface area (Å²) in [5.41, 5.74) is 15.8. The quantitative estimate of drug-likeness (QED) is 0.394. The summed E-state index contributed by atoms with van der Waals surface area (Å²) in [5, 5.41) is 0. The van der Waals surface area contributed by atoms with Crippen LogP contribution in [0.3, 0.4) is 0 Å². The van der Waals surface area contributed by atoms with Gasteiger partial charge in [-0.25, -0.2) is 8.42 Å². The molecule has 1 aromatic rings. The van der Waals surface area contributed by atoms with Gasteiger partial charge < -0.3 is 17.2 Å². The lowest BCUT2D eigenvalue weighted by Gasteiger charge is -2.03. The summed E-state index contributed by atoms with van der Waals surface area (Å²) in [6.45, 7) is 0. The fourth-order valence-electron chi connectivity index (χ4n) is 1.14. The Bertz CT molecular complexity index is 597. The predicted molar refractivity (Wildman–Crippen MR) is 78.6 cm³/mol. The molecule has 0 aliphatic carbocycles. The summed E-state index contributed by atoms with van der Waals surface area (Å²) in [7, 11) is -3.45. The fourth-order valence-corrected chi connectivity index (χ4v) is 1.83. The Hall–Kier alpha value is -1.51. The average molecular weight is 329 g/mol. The van der Waals surface area contributed by atoms with Gasteiger partial charge in [0, 0.05) is 17.5 Å². The van der Waals surface area contributed by atoms with Crippen molar-refractivity contribution < 1.29 is 13.2 Å². The summed E-state index contributed by atoms with van der Waals surface area (Å²) in [4.78, 5) is 14.7. The average Bonchev–Trinajstić information content (AvgIpc) is 2.14. The van der Waals surface area contributed by atoms with Gasteiger partial charge in [-0.15, -0.1) is 24.8 Å². The van der Waals surface area contributed by atoms with E-state index < -0.39 is 21.7 Å². The van der Waals surface area contributed by atoms with Crippen molar-refractivity contribution in [1.29, 1.82) is 0 Å². The highest BCUT2D eigenvalue weighted by atomic mass is 35.5. The van der Waals surface area contributed by atoms with Crippen molar-refractivity contribution >= 4 is 52.2 Å². The van der Waals surface area contributed by atoms with Crippen molar-refractivity contribution in [3.63, 3.8) is 0 Å². The molecule has 0 saturated heterocycles. The second-order valence-electron chi connectivity index (χ2n) is 3.40. The lowest BCUT2D eigenvalue weighted by Crippen LogP contribution is -2.24. The molecule has 19 heavy (non-hydrogen) atoms. The minimum Gasteiger partial charge on any atom is -0.399 e. The molecule has 7 nitrogen and oxygen atoms in total. The van der Waals surface area contributed by atoms with E-state index in [1.807, 2.05) is 0 Å². The maximum Gasteiger partial charge on any atom is 0.280 e. The van der Waals surface area contributed by atoms with Crippen LogP contribution in [0.5, 0.6) is 0 Å². The van der Waals surface area contributed by atoms with Crippen LogP contribution in [0.2, 0.25) is 0 Å². The van der Waals surface area contributed by atoms with Gasteiger partial charge in [0.25, 0.3) is 5.91 Å². The molecule has 6 N–H and O–H groups in total. The number of nitrogens with two attached hydrogens (primary N) is 3. The van der Waals surface area contributed by atoms with Gasteiger partial charge in [0.15, 0.2) is 15.8 Å². The molecule has 0 saturated carbocycles. The number of carbonyl (C=O) groups excluding carboxylic acids is 1. The number of hydrogen-bond acceptors (Lipinski definition) is 4. The zero-order valence-corrected chi connectivity index (χ0v) is 12.3. The molecule has 0 bridgehead atoms. The lowest BCUT2D eigenvalue weighted by molar-refractivity contribution is 0.100. The van der Waals surface area contributed by atoms with Crippen molar-refractivity contribution in [2.24, 2.45) is 16.5 Å². The van der Waals surface area contributed by atoms with E-state index in [2.05, 4.69) is 4.99 Å². The number of sulfone groups is 1. The Morgan fingerprint density at radius 2 is 1.68 bits per heavy atom. The highest BCUT2D eigenvalue weighted by molar-refractivity contribution is 7.90. The molecule has 0 spiro atoms. The number of rotatable bonds is 2. The molecule has 1 rings (SSSR count). The number of nitrogen functional groups attached to an aromatic ring is 1. The van der Waals surface area contributed by atoms with E-state index in [1.165, 1.54) is 18.2 Å². The van der Waals surface area contributed by atoms with Crippen LogP contribution in [-0.4, -0.2) is 26.5 Å². The second kappa shape index (κ2) is 7.17. The Morgan fingerprint density at radius 3 is 2.11 bits per heavy atom. The first kappa shape index (κ1) is 19.8. The molecule has 108 valence electrons. The normalized spacial score (nSPS) is 9.74. The number of nitrogens with zero attached hydrogens (tertiary/aromatic N) is 1. The van der Waals surface area contributed by atoms with Crippen molar-refractivity contribution in [2.75, 3.05) is 12.0 Å². The van der Waals surface area contributed by atoms with Crippen molar-refractivity contribution in [3.8, 4) is 0 Å². The molecule has 0 unspecified atom stereocenters. The lowest BCUT2D eigenvalue weighted by atomic mass is 10.2. The molecule has 0 radical (unpaired) electrons. The Labute approximate surface area is 123 Å². The molecule has 0 aromatic heterocycles. The number of halogens is 2. The standard InChI is InChI=1S/C9H12N4O3S.2ClH/c1-17(15,16)7-3-5(2-6(10)4-7)8(14)13-9(11)12;;/h2-4H,10H2,1H3,(H4,11,12,13,14);2*1H. The second-order valence-corrected chi connectivity index (χ2v) is 5.42. The van der Waals surface area contributed by atoms with Crippen LogP contribution in [0.1, 0.15) is 10.4 Å². The highest BCUT2D eigenvalue weighted by Crippen LogP contribution is 2.17. The molecule has 0 aliphatic rings. The van der Waals surface area contributed by atoms with E-state index in [4.69, 9.17) is 17.2 Å². The number of guanidine groups is 1. The summed E-state index contributed by atoms with van der Waals surface area (Å²) in [5.74, 6) is -1.15. The fraction of sp³-hybridized carbons (Fsp3) is 0.111. The first-order valence-electron chi connectivity index (χ1n) is 4.45. The van der Waals surface area contributed by atoms with Gasteiger partial charge in [0.05, 0.1) is 4.90 Å². The monoisotopic (exact) mass is 328 g/mol. The largest absolute Gasteiger partial charge is 0.399 e. The molecule has 1 amide bonds. The minimum absolute atomic E-state index is 0. The van der Waals surface area contributed by atoms with Gasteiger partial charge in [0.2, 0.25) is 0 Å². The van der Waals surface area contributed by atoms with Crippen molar-refractivity contribution in [2.45, 2.75) is 4.90 Å². The third kappa shape index (κ3) is 5.77. The van der Waals surface area contributed by atoms with E-state index in [1.54, 1.807) is 0 Å². The van der Waals surface area contributed by atoms with Crippen molar-refractivity contribution in [3.05, 3.63) is 23.8 Å².